The van der Waals surface area contributed by atoms with Crippen LogP contribution in [0.1, 0.15) is 26.3 Å². The summed E-state index contributed by atoms with van der Waals surface area (Å²) in [5, 5.41) is 8.93. The number of Topliss-reactive ketones (excluding diaryl/α,β-unsaturated/α-hetero) is 1. The van der Waals surface area contributed by atoms with Crippen molar-refractivity contribution >= 4 is 28.0 Å². The highest BCUT2D eigenvalue weighted by Gasteiger charge is 2.17. The third kappa shape index (κ3) is 2.12. The van der Waals surface area contributed by atoms with Crippen molar-refractivity contribution in [1.29, 1.82) is 5.26 Å². The number of aldehydes is 1. The van der Waals surface area contributed by atoms with Gasteiger partial charge in [-0.15, -0.1) is 0 Å². The maximum absolute atomic E-state index is 11.5. The second-order valence-electron chi connectivity index (χ2n) is 2.89. The summed E-state index contributed by atoms with van der Waals surface area (Å²) in [6, 6.07) is 4.81. The quantitative estimate of drug-likeness (QED) is 0.481. The lowest BCUT2D eigenvalue weighted by Gasteiger charge is -2.09. The van der Waals surface area contributed by atoms with Gasteiger partial charge in [-0.3, -0.25) is 9.59 Å². The highest BCUT2D eigenvalue weighted by molar-refractivity contribution is 9.09. The Kier molecular flexibility index (Phi) is 4.20. The van der Waals surface area contributed by atoms with Gasteiger partial charge in [-0.2, -0.15) is 5.26 Å². The number of nitriles is 1. The molecule has 5 heteroatoms. The van der Waals surface area contributed by atoms with Gasteiger partial charge in [-0.1, -0.05) is 15.9 Å². The molecule has 0 aliphatic rings. The number of methoxy groups -OCH3 is 1. The summed E-state index contributed by atoms with van der Waals surface area (Å²) in [5.41, 5.74) is 0.601. The first-order valence-electron chi connectivity index (χ1n) is 4.35. The zero-order valence-electron chi connectivity index (χ0n) is 8.49. The summed E-state index contributed by atoms with van der Waals surface area (Å²) >= 11 is 3.03. The van der Waals surface area contributed by atoms with E-state index in [0.717, 1.165) is 0 Å². The molecule has 0 saturated carbocycles. The van der Waals surface area contributed by atoms with Crippen molar-refractivity contribution in [3.05, 3.63) is 28.8 Å². The van der Waals surface area contributed by atoms with Crippen LogP contribution in [0.3, 0.4) is 0 Å². The molecular weight excluding hydrogens is 274 g/mol. The largest absolute Gasteiger partial charge is 0.495 e. The molecule has 0 spiro atoms. The van der Waals surface area contributed by atoms with Crippen molar-refractivity contribution in [2.24, 2.45) is 0 Å². The second kappa shape index (κ2) is 5.42. The van der Waals surface area contributed by atoms with Gasteiger partial charge in [0, 0.05) is 5.56 Å². The van der Waals surface area contributed by atoms with E-state index in [0.29, 0.717) is 6.29 Å². The van der Waals surface area contributed by atoms with Crippen molar-refractivity contribution in [1.82, 2.24) is 0 Å². The molecule has 1 aromatic rings. The third-order valence-electron chi connectivity index (χ3n) is 2.06. The number of carbonyl (C=O) groups is 2. The van der Waals surface area contributed by atoms with Crippen LogP contribution in [0.5, 0.6) is 5.75 Å². The predicted octanol–water partition coefficient (Wildman–Crippen LogP) is 1.96. The first-order chi connectivity index (χ1) is 7.69. The van der Waals surface area contributed by atoms with Crippen LogP contribution < -0.4 is 4.74 Å². The van der Waals surface area contributed by atoms with Gasteiger partial charge in [-0.25, -0.2) is 0 Å². The molecule has 0 fully saturated rings. The highest BCUT2D eigenvalue weighted by atomic mass is 79.9. The molecule has 0 heterocycles. The molecule has 0 aliphatic carbocycles. The van der Waals surface area contributed by atoms with Crippen molar-refractivity contribution in [3.63, 3.8) is 0 Å². The lowest BCUT2D eigenvalue weighted by molar-refractivity contribution is 0.101. The third-order valence-corrected chi connectivity index (χ3v) is 2.57. The number of ether oxygens (including phenoxy) is 1. The standard InChI is InChI=1S/C11H8BrNO3/c1-16-11-7(5-13)2-3-8(9(11)6-14)10(15)4-12/h2-3,6H,4H2,1H3. The Hall–Kier alpha value is -1.67. The maximum atomic E-state index is 11.5. The molecule has 0 radical (unpaired) electrons. The zero-order valence-corrected chi connectivity index (χ0v) is 10.1. The Morgan fingerprint density at radius 3 is 2.75 bits per heavy atom. The fourth-order valence-electron chi connectivity index (χ4n) is 1.34. The summed E-state index contributed by atoms with van der Waals surface area (Å²) in [6.45, 7) is 0. The van der Waals surface area contributed by atoms with Gasteiger partial charge < -0.3 is 4.74 Å². The molecule has 0 aliphatic heterocycles. The van der Waals surface area contributed by atoms with Gasteiger partial charge in [-0.05, 0) is 12.1 Å². The summed E-state index contributed by atoms with van der Waals surface area (Å²) in [5.74, 6) is -0.0887. The molecule has 0 amide bonds. The Morgan fingerprint density at radius 1 is 1.62 bits per heavy atom. The van der Waals surface area contributed by atoms with E-state index in [4.69, 9.17) is 10.00 Å². The van der Waals surface area contributed by atoms with Gasteiger partial charge in [0.05, 0.1) is 23.6 Å². The van der Waals surface area contributed by atoms with E-state index in [2.05, 4.69) is 15.9 Å². The summed E-state index contributed by atoms with van der Waals surface area (Å²) in [4.78, 5) is 22.5. The molecule has 0 saturated heterocycles. The summed E-state index contributed by atoms with van der Waals surface area (Å²) < 4.78 is 4.97. The first kappa shape index (κ1) is 12.4. The Bertz CT molecular complexity index is 477. The fraction of sp³-hybridized carbons (Fsp3) is 0.182. The Balaban J connectivity index is 3.50. The van der Waals surface area contributed by atoms with E-state index in [9.17, 15) is 9.59 Å². The zero-order chi connectivity index (χ0) is 12.1. The predicted molar refractivity (Wildman–Crippen MR) is 61.2 cm³/mol. The van der Waals surface area contributed by atoms with E-state index in [1.165, 1.54) is 19.2 Å². The fourth-order valence-corrected chi connectivity index (χ4v) is 1.64. The van der Waals surface area contributed by atoms with Gasteiger partial charge in [0.15, 0.2) is 12.1 Å². The molecular formula is C11H8BrNO3. The van der Waals surface area contributed by atoms with Crippen molar-refractivity contribution < 1.29 is 14.3 Å². The van der Waals surface area contributed by atoms with Crippen molar-refractivity contribution in [2.45, 2.75) is 0 Å². The van der Waals surface area contributed by atoms with Gasteiger partial charge in [0.1, 0.15) is 11.8 Å². The average molecular weight is 282 g/mol. The smallest absolute Gasteiger partial charge is 0.174 e. The van der Waals surface area contributed by atoms with E-state index in [1.54, 1.807) is 0 Å². The molecule has 1 aromatic carbocycles. The van der Waals surface area contributed by atoms with Gasteiger partial charge in [0.25, 0.3) is 0 Å². The minimum absolute atomic E-state index is 0.114. The molecule has 16 heavy (non-hydrogen) atoms. The molecule has 1 rings (SSSR count). The lowest BCUT2D eigenvalue weighted by atomic mass is 10.0. The van der Waals surface area contributed by atoms with Crippen LogP contribution >= 0.6 is 15.9 Å². The normalized spacial score (nSPS) is 9.31. The Morgan fingerprint density at radius 2 is 2.31 bits per heavy atom. The number of hydrogen-bond acceptors (Lipinski definition) is 4. The first-order valence-corrected chi connectivity index (χ1v) is 5.47. The maximum Gasteiger partial charge on any atom is 0.174 e. The number of benzene rings is 1. The number of carbonyl (C=O) groups excluding carboxylic acids is 2. The average Bonchev–Trinajstić information content (AvgIpc) is 2.35. The Labute approximate surface area is 101 Å². The minimum Gasteiger partial charge on any atom is -0.495 e. The SMILES string of the molecule is COc1c(C#N)ccc(C(=O)CBr)c1C=O. The molecule has 4 nitrogen and oxygen atoms in total. The van der Waals surface area contributed by atoms with Crippen molar-refractivity contribution in [2.75, 3.05) is 12.4 Å². The van der Waals surface area contributed by atoms with Crippen LogP contribution in [0.2, 0.25) is 0 Å². The minimum atomic E-state index is -0.232. The van der Waals surface area contributed by atoms with E-state index >= 15 is 0 Å². The van der Waals surface area contributed by atoms with Crippen LogP contribution in [0.4, 0.5) is 0 Å². The topological polar surface area (TPSA) is 67.2 Å². The van der Waals surface area contributed by atoms with E-state index in [1.807, 2.05) is 6.07 Å². The number of nitrogens with zero attached hydrogens (tertiary/aromatic N) is 1. The van der Waals surface area contributed by atoms with Crippen LogP contribution in [0.15, 0.2) is 12.1 Å². The summed E-state index contributed by atoms with van der Waals surface area (Å²) in [6.07, 6.45) is 0.523. The van der Waals surface area contributed by atoms with E-state index < -0.39 is 0 Å². The molecule has 0 unspecified atom stereocenters. The molecule has 0 bridgehead atoms. The lowest BCUT2D eigenvalue weighted by Crippen LogP contribution is -2.07. The number of ketones is 1. The number of rotatable bonds is 4. The number of hydrogen-bond donors (Lipinski definition) is 0. The molecule has 0 aromatic heterocycles. The second-order valence-corrected chi connectivity index (χ2v) is 3.45. The highest BCUT2D eigenvalue weighted by Crippen LogP contribution is 2.25. The van der Waals surface area contributed by atoms with Gasteiger partial charge in [0.2, 0.25) is 0 Å². The van der Waals surface area contributed by atoms with Gasteiger partial charge >= 0.3 is 0 Å². The molecule has 0 N–H and O–H groups in total. The number of alkyl halides is 1. The number of halogens is 1. The van der Waals surface area contributed by atoms with Crippen LogP contribution in [-0.2, 0) is 0 Å². The molecule has 0 atom stereocenters. The summed E-state index contributed by atoms with van der Waals surface area (Å²) in [7, 11) is 1.35. The molecule has 82 valence electrons. The van der Waals surface area contributed by atoms with E-state index in [-0.39, 0.29) is 33.6 Å². The van der Waals surface area contributed by atoms with Crippen molar-refractivity contribution in [3.8, 4) is 11.8 Å². The monoisotopic (exact) mass is 281 g/mol. The van der Waals surface area contributed by atoms with Crippen LogP contribution in [0, 0.1) is 11.3 Å². The van der Waals surface area contributed by atoms with Crippen LogP contribution in [0.25, 0.3) is 0 Å². The van der Waals surface area contributed by atoms with Crippen LogP contribution in [-0.4, -0.2) is 24.5 Å².